The van der Waals surface area contributed by atoms with Crippen LogP contribution in [0.4, 0.5) is 0 Å². The van der Waals surface area contributed by atoms with Crippen LogP contribution in [0, 0.1) is 46.3 Å². The Bertz CT molecular complexity index is 736. The Morgan fingerprint density at radius 3 is 2.63 bits per heavy atom. The second-order valence-corrected chi connectivity index (χ2v) is 12.7. The Hall–Kier alpha value is -0.380. The Kier molecular flexibility index (Phi) is 4.44. The van der Waals surface area contributed by atoms with Crippen LogP contribution < -0.4 is 0 Å². The average molecular weight is 415 g/mol. The molecule has 1 spiro atoms. The quantitative estimate of drug-likeness (QED) is 0.516. The minimum atomic E-state index is -0.303. The molecule has 0 amide bonds. The lowest BCUT2D eigenvalue weighted by molar-refractivity contribution is -0.272. The van der Waals surface area contributed by atoms with Crippen LogP contribution in [0.2, 0.25) is 0 Å². The fourth-order valence-electron chi connectivity index (χ4n) is 9.52. The summed E-state index contributed by atoms with van der Waals surface area (Å²) < 4.78 is 13.3. The molecule has 3 saturated carbocycles. The van der Waals surface area contributed by atoms with Gasteiger partial charge in [0, 0.05) is 12.3 Å². The highest BCUT2D eigenvalue weighted by Gasteiger charge is 2.67. The molecule has 1 unspecified atom stereocenters. The van der Waals surface area contributed by atoms with E-state index in [4.69, 9.17) is 9.47 Å². The maximum atomic E-state index is 10.3. The van der Waals surface area contributed by atoms with Gasteiger partial charge in [-0.05, 0) is 91.8 Å². The van der Waals surface area contributed by atoms with Gasteiger partial charge in [0.2, 0.25) is 0 Å². The van der Waals surface area contributed by atoms with Crippen molar-refractivity contribution in [2.24, 2.45) is 46.3 Å². The summed E-state index contributed by atoms with van der Waals surface area (Å²) in [4.78, 5) is 0. The first-order chi connectivity index (χ1) is 14.3. The minimum absolute atomic E-state index is 0.0661. The summed E-state index contributed by atoms with van der Waals surface area (Å²) in [6.07, 6.45) is 13.6. The third-order valence-corrected chi connectivity index (χ3v) is 11.3. The molecular formula is C27H42O3. The molecule has 11 atom stereocenters. The van der Waals surface area contributed by atoms with Crippen molar-refractivity contribution in [3.8, 4) is 0 Å². The van der Waals surface area contributed by atoms with Gasteiger partial charge < -0.3 is 14.6 Å². The first-order valence-electron chi connectivity index (χ1n) is 13.0. The number of rotatable bonds is 0. The Morgan fingerprint density at radius 2 is 1.87 bits per heavy atom. The third kappa shape index (κ3) is 2.55. The monoisotopic (exact) mass is 414 g/mol. The van der Waals surface area contributed by atoms with Gasteiger partial charge in [0.25, 0.3) is 0 Å². The molecule has 0 aromatic heterocycles. The average Bonchev–Trinajstić information content (AvgIpc) is 3.16. The molecule has 0 aromatic rings. The predicted molar refractivity (Wildman–Crippen MR) is 118 cm³/mol. The number of aliphatic hydroxyl groups excluding tert-OH is 1. The molecule has 6 rings (SSSR count). The van der Waals surface area contributed by atoms with Crippen molar-refractivity contribution in [3.63, 3.8) is 0 Å². The Labute approximate surface area is 183 Å². The van der Waals surface area contributed by atoms with E-state index in [0.29, 0.717) is 40.6 Å². The van der Waals surface area contributed by atoms with Crippen molar-refractivity contribution in [1.82, 2.24) is 0 Å². The van der Waals surface area contributed by atoms with Crippen LogP contribution in [0.1, 0.15) is 85.5 Å². The summed E-state index contributed by atoms with van der Waals surface area (Å²) in [6.45, 7) is 10.7. The zero-order chi connectivity index (χ0) is 20.9. The summed E-state index contributed by atoms with van der Waals surface area (Å²) in [5.74, 6) is 3.68. The zero-order valence-electron chi connectivity index (χ0n) is 19.5. The van der Waals surface area contributed by atoms with E-state index >= 15 is 0 Å². The number of ether oxygens (including phenoxy) is 2. The molecule has 6 aliphatic rings. The Morgan fingerprint density at radius 1 is 1.03 bits per heavy atom. The third-order valence-electron chi connectivity index (χ3n) is 11.3. The molecule has 2 aliphatic heterocycles. The summed E-state index contributed by atoms with van der Waals surface area (Å²) >= 11 is 0. The van der Waals surface area contributed by atoms with Gasteiger partial charge in [0.1, 0.15) is 0 Å². The van der Waals surface area contributed by atoms with Gasteiger partial charge in [-0.1, -0.05) is 39.3 Å². The number of allylic oxidation sites excluding steroid dienone is 2. The zero-order valence-corrected chi connectivity index (χ0v) is 19.5. The lowest BCUT2D eigenvalue weighted by atomic mass is 9.48. The van der Waals surface area contributed by atoms with E-state index in [-0.39, 0.29) is 11.9 Å². The molecule has 4 aliphatic carbocycles. The second kappa shape index (κ2) is 6.58. The van der Waals surface area contributed by atoms with Crippen LogP contribution in [0.15, 0.2) is 11.6 Å². The predicted octanol–water partition coefficient (Wildman–Crippen LogP) is 5.71. The molecule has 2 saturated heterocycles. The van der Waals surface area contributed by atoms with Crippen LogP contribution >= 0.6 is 0 Å². The lowest BCUT2D eigenvalue weighted by Gasteiger charge is -2.57. The van der Waals surface area contributed by atoms with Crippen molar-refractivity contribution < 1.29 is 14.6 Å². The van der Waals surface area contributed by atoms with Gasteiger partial charge in [-0.25, -0.2) is 0 Å². The van der Waals surface area contributed by atoms with Crippen molar-refractivity contribution in [3.05, 3.63) is 11.6 Å². The van der Waals surface area contributed by atoms with Crippen LogP contribution in [0.5, 0.6) is 0 Å². The van der Waals surface area contributed by atoms with E-state index in [2.05, 4.69) is 33.8 Å². The van der Waals surface area contributed by atoms with Crippen molar-refractivity contribution in [2.45, 2.75) is 103 Å². The second-order valence-electron chi connectivity index (χ2n) is 12.7. The van der Waals surface area contributed by atoms with Crippen molar-refractivity contribution >= 4 is 0 Å². The fraction of sp³-hybridized carbons (Fsp3) is 0.926. The number of hydrogen-bond donors (Lipinski definition) is 1. The minimum Gasteiger partial charge on any atom is -0.393 e. The standard InChI is InChI=1S/C27H42O3/c1-16-7-12-27(29-15-16)17(2)24-23(30-27)14-22-20-6-5-18-13-19(28)8-10-25(18,3)21(20)9-11-26(22,24)4/h9,16-20,22-24,28H,5-8,10-15H2,1-4H3/t16-,17+,18+,19+,20-,22?,23+,24+,25+,26+,27-/m1/s1. The molecule has 0 radical (unpaired) electrons. The van der Waals surface area contributed by atoms with Crippen molar-refractivity contribution in [1.29, 1.82) is 0 Å². The van der Waals surface area contributed by atoms with E-state index in [1.54, 1.807) is 5.57 Å². The van der Waals surface area contributed by atoms with Crippen LogP contribution in [-0.4, -0.2) is 29.7 Å². The highest BCUT2D eigenvalue weighted by atomic mass is 16.7. The normalized spacial score (nSPS) is 59.8. The first kappa shape index (κ1) is 20.2. The van der Waals surface area contributed by atoms with Gasteiger partial charge >= 0.3 is 0 Å². The molecule has 2 heterocycles. The van der Waals surface area contributed by atoms with E-state index in [1.807, 2.05) is 0 Å². The molecule has 5 fully saturated rings. The Balaban J connectivity index is 1.30. The number of fused-ring (bicyclic) bond motifs is 7. The highest BCUT2D eigenvalue weighted by molar-refractivity contribution is 5.30. The van der Waals surface area contributed by atoms with Crippen molar-refractivity contribution in [2.75, 3.05) is 6.61 Å². The summed E-state index contributed by atoms with van der Waals surface area (Å²) in [5.41, 5.74) is 2.46. The molecular weight excluding hydrogens is 372 g/mol. The smallest absolute Gasteiger partial charge is 0.171 e. The maximum Gasteiger partial charge on any atom is 0.171 e. The van der Waals surface area contributed by atoms with E-state index < -0.39 is 0 Å². The van der Waals surface area contributed by atoms with Gasteiger partial charge in [-0.3, -0.25) is 0 Å². The van der Waals surface area contributed by atoms with Gasteiger partial charge in [0.15, 0.2) is 5.79 Å². The SMILES string of the molecule is C[C@@H]1CC[C@@]2(OC1)O[C@H]1CC3[C@@H]4CC[C@H]5C[C@@H](O)CC[C@]5(C)C4=CC[C@]3(C)[C@H]1[C@@H]2C. The van der Waals surface area contributed by atoms with E-state index in [0.717, 1.165) is 37.7 Å². The summed E-state index contributed by atoms with van der Waals surface area (Å²) in [6, 6.07) is 0. The molecule has 168 valence electrons. The topological polar surface area (TPSA) is 38.7 Å². The van der Waals surface area contributed by atoms with E-state index in [9.17, 15) is 5.11 Å². The number of aliphatic hydroxyl groups is 1. The van der Waals surface area contributed by atoms with Crippen LogP contribution in [0.25, 0.3) is 0 Å². The van der Waals surface area contributed by atoms with Crippen LogP contribution in [-0.2, 0) is 9.47 Å². The number of hydrogen-bond acceptors (Lipinski definition) is 3. The molecule has 3 heteroatoms. The van der Waals surface area contributed by atoms with Crippen LogP contribution in [0.3, 0.4) is 0 Å². The van der Waals surface area contributed by atoms with Gasteiger partial charge in [-0.2, -0.15) is 0 Å². The molecule has 1 N–H and O–H groups in total. The molecule has 0 bridgehead atoms. The van der Waals surface area contributed by atoms with Gasteiger partial charge in [0.05, 0.1) is 18.8 Å². The summed E-state index contributed by atoms with van der Waals surface area (Å²) in [5, 5.41) is 10.3. The fourth-order valence-corrected chi connectivity index (χ4v) is 9.52. The van der Waals surface area contributed by atoms with Gasteiger partial charge in [-0.15, -0.1) is 0 Å². The molecule has 30 heavy (non-hydrogen) atoms. The highest BCUT2D eigenvalue weighted by Crippen LogP contribution is 2.69. The maximum absolute atomic E-state index is 10.3. The summed E-state index contributed by atoms with van der Waals surface area (Å²) in [7, 11) is 0. The largest absolute Gasteiger partial charge is 0.393 e. The first-order valence-corrected chi connectivity index (χ1v) is 13.0. The molecule has 3 nitrogen and oxygen atoms in total. The van der Waals surface area contributed by atoms with E-state index in [1.165, 1.54) is 38.5 Å². The molecule has 0 aromatic carbocycles. The lowest BCUT2D eigenvalue weighted by Crippen LogP contribution is -2.50.